The molecule has 2 N–H and O–H groups in total. The van der Waals surface area contributed by atoms with E-state index in [9.17, 15) is 31.5 Å². The first-order chi connectivity index (χ1) is 36.0. The molecule has 0 saturated carbocycles. The number of alkyl halides is 3. The minimum Gasteiger partial charge on any atom is -0.334 e. The van der Waals surface area contributed by atoms with E-state index in [0.717, 1.165) is 115 Å². The van der Waals surface area contributed by atoms with Crippen LogP contribution in [-0.4, -0.2) is 84.2 Å². The van der Waals surface area contributed by atoms with Crippen LogP contribution in [0.3, 0.4) is 0 Å². The number of urea groups is 2. The Kier molecular flexibility index (Phi) is 16.6. The average molecular weight is 1080 g/mol. The maximum absolute atomic E-state index is 14.3. The van der Waals surface area contributed by atoms with Crippen molar-refractivity contribution in [3.8, 4) is 0 Å². The summed E-state index contributed by atoms with van der Waals surface area (Å²) < 4.78 is 66.9. The van der Waals surface area contributed by atoms with Crippen molar-refractivity contribution in [2.24, 2.45) is 0 Å². The van der Waals surface area contributed by atoms with Crippen molar-refractivity contribution in [2.45, 2.75) is 55.8 Å². The van der Waals surface area contributed by atoms with Crippen LogP contribution in [0.4, 0.5) is 42.9 Å². The number of carbonyl (C=O) groups excluding carboxylic acids is 2. The molecule has 0 atom stereocenters. The van der Waals surface area contributed by atoms with E-state index >= 15 is 0 Å². The van der Waals surface area contributed by atoms with Gasteiger partial charge in [0, 0.05) is 78.9 Å². The van der Waals surface area contributed by atoms with Crippen molar-refractivity contribution in [1.82, 2.24) is 30.4 Å². The fourth-order valence-electron chi connectivity index (χ4n) is 10.5. The number of nitrogens with zero attached hydrogens (tertiary/aromatic N) is 6. The standard InChI is InChI=1S/C29H27ClF4N4O.C28H27Cl2FN4O/c30-26-16-21(9-12-35-26)18-36-27(39)38-19-28(24-17-23(31)7-8-25(24)38)10-14-37(15-11-28)13-1-2-20-3-5-22(6-4-20)29(32,33)34;29-22-5-3-20(4-6-22)2-1-13-34-14-10-28(11-15-34)19-35(25-8-7-23(31)17-24(25)28)27(36)33-18-21-9-12-32-26(30)16-21/h1-9,12,16-17H,10-11,13-15,18-19H2,(H,36,39);1-9,12,16-17H,10-11,13-15,18-19H2,(H,33,36)/b2*2-1+. The minimum atomic E-state index is -4.35. The second-order valence-corrected chi connectivity index (χ2v) is 20.6. The van der Waals surface area contributed by atoms with Crippen molar-refractivity contribution in [2.75, 3.05) is 62.2 Å². The molecule has 4 aromatic carbocycles. The van der Waals surface area contributed by atoms with Gasteiger partial charge >= 0.3 is 18.2 Å². The van der Waals surface area contributed by atoms with Crippen LogP contribution in [0, 0.1) is 11.6 Å². The molecule has 0 unspecified atom stereocenters. The SMILES string of the molecule is O=C(NCc1ccnc(Cl)c1)N1CC2(CCN(C/C=C/c3ccc(C(F)(F)F)cc3)CC2)c2cc(F)ccc21.O=C(NCc1ccnc(Cl)c1)N1CC2(CCN(C/C=C/c3ccc(Cl)cc3)CC2)c2cc(F)ccc21. The van der Waals surface area contributed by atoms with Crippen LogP contribution in [0.25, 0.3) is 12.2 Å². The van der Waals surface area contributed by atoms with Gasteiger partial charge < -0.3 is 10.6 Å². The van der Waals surface area contributed by atoms with Crippen LogP contribution in [0.2, 0.25) is 15.3 Å². The molecule has 4 aliphatic heterocycles. The zero-order valence-corrected chi connectivity index (χ0v) is 43.0. The predicted molar refractivity (Wildman–Crippen MR) is 286 cm³/mol. The molecule has 2 spiro atoms. The number of rotatable bonds is 10. The van der Waals surface area contributed by atoms with Crippen molar-refractivity contribution in [3.05, 3.63) is 200 Å². The number of fused-ring (bicyclic) bond motifs is 4. The summed E-state index contributed by atoms with van der Waals surface area (Å²) in [4.78, 5) is 42.4. The van der Waals surface area contributed by atoms with E-state index in [-0.39, 0.29) is 34.5 Å². The average Bonchev–Trinajstić information content (AvgIpc) is 3.90. The lowest BCUT2D eigenvalue weighted by molar-refractivity contribution is -0.137. The normalized spacial score (nSPS) is 17.1. The quantitative estimate of drug-likeness (QED) is 0.105. The summed E-state index contributed by atoms with van der Waals surface area (Å²) in [6, 6.07) is 28.8. The molecule has 75 heavy (non-hydrogen) atoms. The molecule has 390 valence electrons. The molecule has 0 radical (unpaired) electrons. The van der Waals surface area contributed by atoms with Gasteiger partial charge in [-0.25, -0.2) is 28.3 Å². The number of carbonyl (C=O) groups is 2. The van der Waals surface area contributed by atoms with E-state index in [1.165, 1.54) is 24.3 Å². The van der Waals surface area contributed by atoms with Gasteiger partial charge in [-0.1, -0.05) is 83.4 Å². The van der Waals surface area contributed by atoms with Crippen LogP contribution in [-0.2, 0) is 30.1 Å². The molecule has 0 bridgehead atoms. The molecule has 2 fully saturated rings. The number of halogens is 8. The van der Waals surface area contributed by atoms with E-state index in [2.05, 4.69) is 42.6 Å². The van der Waals surface area contributed by atoms with E-state index in [4.69, 9.17) is 34.8 Å². The van der Waals surface area contributed by atoms with E-state index in [1.54, 1.807) is 64.7 Å². The van der Waals surface area contributed by atoms with Gasteiger partial charge in [0.05, 0.1) is 5.56 Å². The first-order valence-electron chi connectivity index (χ1n) is 24.7. The summed E-state index contributed by atoms with van der Waals surface area (Å²) in [6.45, 7) is 6.38. The zero-order chi connectivity index (χ0) is 52.7. The maximum Gasteiger partial charge on any atom is 0.416 e. The Morgan fingerprint density at radius 3 is 1.39 bits per heavy atom. The summed E-state index contributed by atoms with van der Waals surface area (Å²) in [5.74, 6) is -0.598. The van der Waals surface area contributed by atoms with Crippen LogP contribution in [0.5, 0.6) is 0 Å². The van der Waals surface area contributed by atoms with Crippen LogP contribution in [0.15, 0.2) is 134 Å². The van der Waals surface area contributed by atoms with E-state index in [0.29, 0.717) is 48.6 Å². The van der Waals surface area contributed by atoms with Gasteiger partial charge in [-0.15, -0.1) is 0 Å². The maximum atomic E-state index is 14.3. The topological polar surface area (TPSA) is 96.9 Å². The van der Waals surface area contributed by atoms with Gasteiger partial charge in [-0.3, -0.25) is 19.6 Å². The fraction of sp³-hybridized carbons (Fsp3) is 0.298. The first-order valence-corrected chi connectivity index (χ1v) is 25.8. The number of pyridine rings is 2. The van der Waals surface area contributed by atoms with Gasteiger partial charge in [0.2, 0.25) is 0 Å². The number of likely N-dealkylation sites (tertiary alicyclic amines) is 2. The molecule has 6 heterocycles. The molecule has 2 saturated heterocycles. The minimum absolute atomic E-state index is 0.194. The Balaban J connectivity index is 0.000000184. The second-order valence-electron chi connectivity index (χ2n) is 19.4. The molecule has 4 amide bonds. The third-order valence-corrected chi connectivity index (χ3v) is 15.3. The highest BCUT2D eigenvalue weighted by molar-refractivity contribution is 6.30. The summed E-state index contributed by atoms with van der Waals surface area (Å²) >= 11 is 17.9. The van der Waals surface area contributed by atoms with Gasteiger partial charge in [-0.2, -0.15) is 13.2 Å². The number of benzene rings is 4. The Hall–Kier alpha value is -6.36. The number of amides is 4. The summed E-state index contributed by atoms with van der Waals surface area (Å²) in [5.41, 5.74) is 5.55. The van der Waals surface area contributed by atoms with Gasteiger partial charge in [-0.05, 0) is 170 Å². The fourth-order valence-corrected chi connectivity index (χ4v) is 11.0. The van der Waals surface area contributed by atoms with Crippen LogP contribution >= 0.6 is 34.8 Å². The summed E-state index contributed by atoms with van der Waals surface area (Å²) in [7, 11) is 0. The third kappa shape index (κ3) is 13.0. The Labute approximate surface area is 447 Å². The van der Waals surface area contributed by atoms with E-state index in [1.807, 2.05) is 42.5 Å². The summed E-state index contributed by atoms with van der Waals surface area (Å²) in [6.07, 6.45) is 10.1. The smallest absolute Gasteiger partial charge is 0.334 e. The van der Waals surface area contributed by atoms with Crippen LogP contribution < -0.4 is 20.4 Å². The molecular weight excluding hydrogens is 1030 g/mol. The number of hydrogen-bond acceptors (Lipinski definition) is 6. The highest BCUT2D eigenvalue weighted by atomic mass is 35.5. The van der Waals surface area contributed by atoms with Gasteiger partial charge in [0.1, 0.15) is 21.9 Å². The summed E-state index contributed by atoms with van der Waals surface area (Å²) in [5, 5.41) is 7.38. The first kappa shape index (κ1) is 53.5. The lowest BCUT2D eigenvalue weighted by atomic mass is 9.74. The van der Waals surface area contributed by atoms with Crippen molar-refractivity contribution < 1.29 is 31.5 Å². The Morgan fingerprint density at radius 1 is 0.573 bits per heavy atom. The predicted octanol–water partition coefficient (Wildman–Crippen LogP) is 13.0. The van der Waals surface area contributed by atoms with E-state index < -0.39 is 11.7 Å². The highest BCUT2D eigenvalue weighted by Crippen LogP contribution is 2.49. The van der Waals surface area contributed by atoms with Crippen molar-refractivity contribution in [3.63, 3.8) is 0 Å². The Morgan fingerprint density at radius 2 is 0.987 bits per heavy atom. The van der Waals surface area contributed by atoms with Crippen molar-refractivity contribution >= 4 is 70.4 Å². The van der Waals surface area contributed by atoms with Crippen molar-refractivity contribution in [1.29, 1.82) is 0 Å². The lowest BCUT2D eigenvalue weighted by Gasteiger charge is -2.39. The molecule has 0 aliphatic carbocycles. The molecule has 10 nitrogen and oxygen atoms in total. The number of hydrogen-bond donors (Lipinski definition) is 2. The van der Waals surface area contributed by atoms with Gasteiger partial charge in [0.15, 0.2) is 0 Å². The van der Waals surface area contributed by atoms with Crippen LogP contribution in [0.1, 0.15) is 64.6 Å². The lowest BCUT2D eigenvalue weighted by Crippen LogP contribution is -2.47. The van der Waals surface area contributed by atoms with Gasteiger partial charge in [0.25, 0.3) is 0 Å². The highest BCUT2D eigenvalue weighted by Gasteiger charge is 2.48. The number of aromatic nitrogens is 2. The molecular formula is C57H54Cl3F5N8O2. The molecule has 2 aromatic heterocycles. The largest absolute Gasteiger partial charge is 0.416 e. The third-order valence-electron chi connectivity index (χ3n) is 14.6. The molecule has 6 aromatic rings. The molecule has 4 aliphatic rings. The second kappa shape index (κ2) is 23.3. The number of nitrogens with one attached hydrogen (secondary N) is 2. The molecule has 18 heteroatoms. The number of piperidine rings is 2. The monoisotopic (exact) mass is 1080 g/mol. The molecule has 10 rings (SSSR count). The zero-order valence-electron chi connectivity index (χ0n) is 40.8. The number of anilines is 2. The Bertz CT molecular complexity index is 3050.